The number of aromatic nitrogens is 3. The second kappa shape index (κ2) is 6.13. The first-order valence-electron chi connectivity index (χ1n) is 7.27. The molecule has 0 amide bonds. The van der Waals surface area contributed by atoms with Crippen molar-refractivity contribution >= 4 is 0 Å². The van der Waals surface area contributed by atoms with Gasteiger partial charge in [0.2, 0.25) is 0 Å². The molecule has 0 radical (unpaired) electrons. The maximum atomic E-state index is 6.09. The van der Waals surface area contributed by atoms with Gasteiger partial charge in [0.05, 0.1) is 17.9 Å². The van der Waals surface area contributed by atoms with Gasteiger partial charge >= 0.3 is 0 Å². The number of likely N-dealkylation sites (N-methyl/N-ethyl adjacent to an activating group) is 1. The summed E-state index contributed by atoms with van der Waals surface area (Å²) in [6.45, 7) is 3.47. The number of ether oxygens (including phenoxy) is 2. The predicted molar refractivity (Wildman–Crippen MR) is 78.5 cm³/mol. The second-order valence-corrected chi connectivity index (χ2v) is 5.06. The third-order valence-corrected chi connectivity index (χ3v) is 3.62. The molecule has 3 rings (SSSR count). The number of para-hydroxylation sites is 2. The van der Waals surface area contributed by atoms with Gasteiger partial charge in [-0.05, 0) is 25.6 Å². The third-order valence-electron chi connectivity index (χ3n) is 3.62. The molecule has 0 saturated carbocycles. The van der Waals surface area contributed by atoms with Crippen LogP contribution in [0, 0.1) is 0 Å². The summed E-state index contributed by atoms with van der Waals surface area (Å²) in [5.41, 5.74) is 1.02. The highest BCUT2D eigenvalue weighted by atomic mass is 16.6. The number of nitrogens with one attached hydrogen (secondary N) is 1. The molecule has 0 bridgehead atoms. The smallest absolute Gasteiger partial charge is 0.161 e. The van der Waals surface area contributed by atoms with Crippen LogP contribution >= 0.6 is 0 Å². The number of benzene rings is 1. The van der Waals surface area contributed by atoms with Crippen molar-refractivity contribution in [2.75, 3.05) is 13.7 Å². The van der Waals surface area contributed by atoms with Gasteiger partial charge in [-0.1, -0.05) is 24.3 Å². The minimum absolute atomic E-state index is 0.0140. The highest BCUT2D eigenvalue weighted by Crippen LogP contribution is 2.34. The van der Waals surface area contributed by atoms with Crippen LogP contribution in [0.3, 0.4) is 0 Å². The largest absolute Gasteiger partial charge is 0.486 e. The van der Waals surface area contributed by atoms with E-state index in [0.29, 0.717) is 6.61 Å². The van der Waals surface area contributed by atoms with Crippen molar-refractivity contribution in [3.63, 3.8) is 0 Å². The first-order chi connectivity index (χ1) is 10.3. The van der Waals surface area contributed by atoms with E-state index in [1.54, 1.807) is 6.20 Å². The van der Waals surface area contributed by atoms with Crippen LogP contribution in [-0.4, -0.2) is 34.8 Å². The number of fused-ring (bicyclic) bond motifs is 1. The van der Waals surface area contributed by atoms with Gasteiger partial charge in [-0.3, -0.25) is 0 Å². The molecule has 1 aromatic carbocycles. The molecule has 0 fully saturated rings. The number of nitrogens with zero attached hydrogens (tertiary/aromatic N) is 3. The highest BCUT2D eigenvalue weighted by molar-refractivity contribution is 5.41. The van der Waals surface area contributed by atoms with Crippen molar-refractivity contribution < 1.29 is 9.47 Å². The van der Waals surface area contributed by atoms with Gasteiger partial charge in [-0.25, -0.2) is 4.68 Å². The Morgan fingerprint density at radius 2 is 2.19 bits per heavy atom. The molecule has 0 spiro atoms. The van der Waals surface area contributed by atoms with E-state index >= 15 is 0 Å². The van der Waals surface area contributed by atoms with Crippen molar-refractivity contribution in [1.29, 1.82) is 0 Å². The summed E-state index contributed by atoms with van der Waals surface area (Å²) in [6.07, 6.45) is 2.69. The summed E-state index contributed by atoms with van der Waals surface area (Å²) in [5.74, 6) is 1.58. The van der Waals surface area contributed by atoms with Gasteiger partial charge in [-0.2, -0.15) is 0 Å². The standard InChI is InChI=1S/C15H20N4O2/c1-3-8-19-11(9-17-18-19)15(16-2)14-10-20-12-6-4-5-7-13(12)21-14/h4-7,9,14-16H,3,8,10H2,1-2H3. The van der Waals surface area contributed by atoms with Gasteiger partial charge in [0, 0.05) is 6.54 Å². The minimum Gasteiger partial charge on any atom is -0.486 e. The highest BCUT2D eigenvalue weighted by Gasteiger charge is 2.31. The van der Waals surface area contributed by atoms with Crippen molar-refractivity contribution in [3.8, 4) is 11.5 Å². The maximum Gasteiger partial charge on any atom is 0.161 e. The molecule has 6 nitrogen and oxygen atoms in total. The number of hydrogen-bond donors (Lipinski definition) is 1. The molecule has 2 aromatic rings. The van der Waals surface area contributed by atoms with Gasteiger partial charge in [0.25, 0.3) is 0 Å². The minimum atomic E-state index is -0.112. The van der Waals surface area contributed by atoms with E-state index in [9.17, 15) is 0 Å². The van der Waals surface area contributed by atoms with Gasteiger partial charge in [-0.15, -0.1) is 5.10 Å². The summed E-state index contributed by atoms with van der Waals surface area (Å²) >= 11 is 0. The fourth-order valence-corrected chi connectivity index (χ4v) is 2.62. The molecule has 1 aromatic heterocycles. The van der Waals surface area contributed by atoms with Gasteiger partial charge in [0.1, 0.15) is 6.61 Å². The zero-order valence-electron chi connectivity index (χ0n) is 12.3. The van der Waals surface area contributed by atoms with Crippen LogP contribution < -0.4 is 14.8 Å². The quantitative estimate of drug-likeness (QED) is 0.909. The van der Waals surface area contributed by atoms with E-state index in [-0.39, 0.29) is 12.1 Å². The Morgan fingerprint density at radius 1 is 1.38 bits per heavy atom. The Labute approximate surface area is 124 Å². The van der Waals surface area contributed by atoms with Crippen molar-refractivity contribution in [1.82, 2.24) is 20.3 Å². The van der Waals surface area contributed by atoms with E-state index in [0.717, 1.165) is 30.2 Å². The predicted octanol–water partition coefficient (Wildman–Crippen LogP) is 1.79. The molecule has 112 valence electrons. The fourth-order valence-electron chi connectivity index (χ4n) is 2.62. The third kappa shape index (κ3) is 2.71. The number of rotatable bonds is 5. The summed E-state index contributed by atoms with van der Waals surface area (Å²) in [7, 11) is 1.91. The Balaban J connectivity index is 1.83. The van der Waals surface area contributed by atoms with Crippen molar-refractivity contribution in [2.24, 2.45) is 0 Å². The van der Waals surface area contributed by atoms with E-state index < -0.39 is 0 Å². The lowest BCUT2D eigenvalue weighted by Gasteiger charge is -2.32. The molecule has 0 saturated heterocycles. The van der Waals surface area contributed by atoms with Crippen LogP contribution in [0.15, 0.2) is 30.5 Å². The molecular weight excluding hydrogens is 268 g/mol. The summed E-state index contributed by atoms with van der Waals surface area (Å²) in [5, 5.41) is 11.5. The molecule has 2 unspecified atom stereocenters. The zero-order valence-corrected chi connectivity index (χ0v) is 12.3. The van der Waals surface area contributed by atoms with Gasteiger partial charge < -0.3 is 14.8 Å². The van der Waals surface area contributed by atoms with Crippen LogP contribution in [0.25, 0.3) is 0 Å². The van der Waals surface area contributed by atoms with Crippen LogP contribution in [0.2, 0.25) is 0 Å². The van der Waals surface area contributed by atoms with Crippen LogP contribution in [0.1, 0.15) is 25.1 Å². The average Bonchev–Trinajstić information content (AvgIpc) is 2.97. The number of hydrogen-bond acceptors (Lipinski definition) is 5. The Morgan fingerprint density at radius 3 is 2.95 bits per heavy atom. The topological polar surface area (TPSA) is 61.2 Å². The fraction of sp³-hybridized carbons (Fsp3) is 0.467. The van der Waals surface area contributed by atoms with E-state index in [1.165, 1.54) is 0 Å². The molecule has 2 atom stereocenters. The molecule has 0 aliphatic carbocycles. The summed E-state index contributed by atoms with van der Waals surface area (Å²) in [6, 6.07) is 7.72. The molecule has 21 heavy (non-hydrogen) atoms. The van der Waals surface area contributed by atoms with E-state index in [2.05, 4.69) is 22.6 Å². The van der Waals surface area contributed by atoms with Crippen LogP contribution in [-0.2, 0) is 6.54 Å². The molecule has 1 aliphatic rings. The van der Waals surface area contributed by atoms with Gasteiger partial charge in [0.15, 0.2) is 17.6 Å². The monoisotopic (exact) mass is 288 g/mol. The first kappa shape index (κ1) is 13.9. The van der Waals surface area contributed by atoms with Crippen LogP contribution in [0.4, 0.5) is 0 Å². The lowest BCUT2D eigenvalue weighted by Crippen LogP contribution is -2.41. The number of aryl methyl sites for hydroxylation is 1. The lowest BCUT2D eigenvalue weighted by atomic mass is 10.1. The van der Waals surface area contributed by atoms with Crippen molar-refractivity contribution in [3.05, 3.63) is 36.2 Å². The van der Waals surface area contributed by atoms with E-state index in [1.807, 2.05) is 36.0 Å². The van der Waals surface area contributed by atoms with E-state index in [4.69, 9.17) is 9.47 Å². The maximum absolute atomic E-state index is 6.09. The summed E-state index contributed by atoms with van der Waals surface area (Å²) < 4.78 is 13.8. The molecular formula is C15H20N4O2. The Bertz CT molecular complexity index is 599. The molecule has 1 N–H and O–H groups in total. The SMILES string of the molecule is CCCn1nncc1C(NC)C1COc2ccccc2O1. The van der Waals surface area contributed by atoms with Crippen LogP contribution in [0.5, 0.6) is 11.5 Å². The van der Waals surface area contributed by atoms with Crippen molar-refractivity contribution in [2.45, 2.75) is 32.0 Å². The molecule has 6 heteroatoms. The zero-order chi connectivity index (χ0) is 14.7. The Kier molecular flexibility index (Phi) is 4.06. The Hall–Kier alpha value is -2.08. The average molecular weight is 288 g/mol. The lowest BCUT2D eigenvalue weighted by molar-refractivity contribution is 0.0613. The second-order valence-electron chi connectivity index (χ2n) is 5.06. The first-order valence-corrected chi connectivity index (χ1v) is 7.27. The molecule has 1 aliphatic heterocycles. The normalized spacial score (nSPS) is 18.5. The molecule has 2 heterocycles. The summed E-state index contributed by atoms with van der Waals surface area (Å²) in [4.78, 5) is 0.